The molecule has 12 nitrogen and oxygen atoms in total. The van der Waals surface area contributed by atoms with Gasteiger partial charge >= 0.3 is 6.03 Å². The summed E-state index contributed by atoms with van der Waals surface area (Å²) in [4.78, 5) is 64.2. The first-order valence-electron chi connectivity index (χ1n) is 10.8. The average Bonchev–Trinajstić information content (AvgIpc) is 2.86. The number of hydrogen-bond acceptors (Lipinski definition) is 7. The van der Waals surface area contributed by atoms with Gasteiger partial charge in [0.25, 0.3) is 5.91 Å². The average molecular weight is 501 g/mol. The van der Waals surface area contributed by atoms with Gasteiger partial charge in [-0.3, -0.25) is 24.8 Å². The third-order valence-corrected chi connectivity index (χ3v) is 4.74. The molecule has 2 aromatic rings. The fourth-order valence-corrected chi connectivity index (χ4v) is 3.00. The topological polar surface area (TPSA) is 181 Å². The van der Waals surface area contributed by atoms with Crippen LogP contribution in [0.4, 0.5) is 9.18 Å². The number of halogens is 1. The van der Waals surface area contributed by atoms with Gasteiger partial charge in [0.15, 0.2) is 0 Å². The number of nitrogens with one attached hydrogen (secondary N) is 4. The molecule has 0 bridgehead atoms. The predicted octanol–water partition coefficient (Wildman–Crippen LogP) is -1.10. The highest BCUT2D eigenvalue weighted by atomic mass is 19.1. The summed E-state index contributed by atoms with van der Waals surface area (Å²) < 4.78 is 13.3. The maximum absolute atomic E-state index is 13.3. The number of pyridine rings is 1. The Bertz CT molecular complexity index is 1050. The van der Waals surface area contributed by atoms with Gasteiger partial charge in [0.05, 0.1) is 6.61 Å². The highest BCUT2D eigenvalue weighted by Crippen LogP contribution is 2.08. The number of aldehydes is 1. The number of hydrazine groups is 1. The van der Waals surface area contributed by atoms with E-state index in [0.29, 0.717) is 17.4 Å². The fourth-order valence-electron chi connectivity index (χ4n) is 3.00. The number of carbonyl (C=O) groups excluding carboxylic acids is 5. The predicted molar refractivity (Wildman–Crippen MR) is 123 cm³/mol. The van der Waals surface area contributed by atoms with Crippen LogP contribution >= 0.6 is 0 Å². The van der Waals surface area contributed by atoms with Crippen molar-refractivity contribution in [2.75, 3.05) is 6.61 Å². The van der Waals surface area contributed by atoms with Gasteiger partial charge in [-0.05, 0) is 29.3 Å². The van der Waals surface area contributed by atoms with Gasteiger partial charge in [-0.15, -0.1) is 0 Å². The molecular weight excluding hydrogens is 475 g/mol. The summed E-state index contributed by atoms with van der Waals surface area (Å²) in [6.45, 7) is 0.473. The number of carbonyl (C=O) groups is 5. The van der Waals surface area contributed by atoms with Crippen molar-refractivity contribution in [3.8, 4) is 0 Å². The maximum Gasteiger partial charge on any atom is 0.334 e. The Morgan fingerprint density at radius 1 is 1.03 bits per heavy atom. The van der Waals surface area contributed by atoms with E-state index in [-0.39, 0.29) is 12.8 Å². The molecule has 0 spiro atoms. The highest BCUT2D eigenvalue weighted by Gasteiger charge is 2.29. The second-order valence-corrected chi connectivity index (χ2v) is 7.64. The first kappa shape index (κ1) is 27.9. The van der Waals surface area contributed by atoms with Crippen LogP contribution in [0.1, 0.15) is 18.1 Å². The molecule has 0 fully saturated rings. The van der Waals surface area contributed by atoms with Crippen LogP contribution in [-0.2, 0) is 32.0 Å². The number of aliphatic hydroxyl groups excluding tert-OH is 1. The number of hydrogen-bond donors (Lipinski definition) is 5. The van der Waals surface area contributed by atoms with E-state index in [1.54, 1.807) is 12.1 Å². The monoisotopic (exact) mass is 501 g/mol. The van der Waals surface area contributed by atoms with Crippen molar-refractivity contribution in [2.45, 2.75) is 37.9 Å². The maximum atomic E-state index is 13.3. The van der Waals surface area contributed by atoms with E-state index >= 15 is 0 Å². The normalized spacial score (nSPS) is 12.9. The third kappa shape index (κ3) is 9.46. The first-order valence-corrected chi connectivity index (χ1v) is 10.8. The molecule has 3 atom stereocenters. The second kappa shape index (κ2) is 14.1. The Hall–Kier alpha value is -4.39. The smallest absolute Gasteiger partial charge is 0.334 e. The SMILES string of the molecule is CC(=O)NNC(=O)N[C@@H](Cc1ccc(F)cc1)C(=O)N[C@@H](Cc1cccnc1)C(=O)[N][C@H](C=O)CO. The van der Waals surface area contributed by atoms with E-state index in [1.165, 1.54) is 43.6 Å². The molecule has 0 saturated heterocycles. The standard InChI is InChI=1S/C23H26FN6O6/c1-14(33)29-30-23(36)28-20(9-15-4-6-17(24)7-5-15)22(35)27-19(10-16-3-2-8-25-11-16)21(34)26-18(12-31)13-32/h2-8,11-12,18-20,32H,9-10,13H2,1H3,(H,27,35)(H,29,33)(H2,28,30,36)/t18-,19+,20+/m1/s1. The van der Waals surface area contributed by atoms with Gasteiger partial charge in [0.1, 0.15) is 30.2 Å². The van der Waals surface area contributed by atoms with Crippen molar-refractivity contribution in [1.82, 2.24) is 31.8 Å². The van der Waals surface area contributed by atoms with Crippen molar-refractivity contribution >= 4 is 30.0 Å². The van der Waals surface area contributed by atoms with Crippen LogP contribution in [0.25, 0.3) is 0 Å². The molecule has 0 aliphatic carbocycles. The molecule has 0 unspecified atom stereocenters. The minimum absolute atomic E-state index is 0.0414. The quantitative estimate of drug-likeness (QED) is 0.191. The number of urea groups is 1. The van der Waals surface area contributed by atoms with Crippen LogP contribution in [-0.4, -0.2) is 64.9 Å². The molecule has 0 aliphatic rings. The number of aliphatic hydroxyl groups is 1. The molecule has 1 aromatic carbocycles. The molecule has 2 rings (SSSR count). The molecule has 13 heteroatoms. The first-order chi connectivity index (χ1) is 17.2. The van der Waals surface area contributed by atoms with Gasteiger partial charge in [-0.25, -0.2) is 19.9 Å². The third-order valence-electron chi connectivity index (χ3n) is 4.74. The van der Waals surface area contributed by atoms with Crippen molar-refractivity contribution in [1.29, 1.82) is 0 Å². The summed E-state index contributed by atoms with van der Waals surface area (Å²) in [5, 5.41) is 17.7. The van der Waals surface area contributed by atoms with E-state index in [9.17, 15) is 33.5 Å². The highest BCUT2D eigenvalue weighted by molar-refractivity contribution is 5.93. The van der Waals surface area contributed by atoms with Crippen LogP contribution in [0, 0.1) is 5.82 Å². The van der Waals surface area contributed by atoms with Gasteiger partial charge < -0.3 is 20.5 Å². The zero-order valence-corrected chi connectivity index (χ0v) is 19.3. The molecule has 1 aromatic heterocycles. The summed E-state index contributed by atoms with van der Waals surface area (Å²) in [5.41, 5.74) is 5.21. The van der Waals surface area contributed by atoms with E-state index < -0.39 is 54.3 Å². The lowest BCUT2D eigenvalue weighted by Crippen LogP contribution is -2.57. The Morgan fingerprint density at radius 2 is 1.72 bits per heavy atom. The Morgan fingerprint density at radius 3 is 2.31 bits per heavy atom. The zero-order valence-electron chi connectivity index (χ0n) is 19.3. The van der Waals surface area contributed by atoms with E-state index in [0.717, 1.165) is 0 Å². The molecule has 191 valence electrons. The number of benzene rings is 1. The lowest BCUT2D eigenvalue weighted by atomic mass is 10.0. The number of aromatic nitrogens is 1. The van der Waals surface area contributed by atoms with Crippen molar-refractivity contribution in [3.63, 3.8) is 0 Å². The zero-order chi connectivity index (χ0) is 26.5. The number of nitrogens with zero attached hydrogens (tertiary/aromatic N) is 2. The van der Waals surface area contributed by atoms with E-state index in [2.05, 4.69) is 31.8 Å². The van der Waals surface area contributed by atoms with Gasteiger partial charge in [-0.2, -0.15) is 0 Å². The summed E-state index contributed by atoms with van der Waals surface area (Å²) >= 11 is 0. The van der Waals surface area contributed by atoms with Crippen LogP contribution < -0.4 is 26.8 Å². The van der Waals surface area contributed by atoms with Gasteiger partial charge in [0.2, 0.25) is 11.8 Å². The molecule has 5 amide bonds. The molecule has 1 heterocycles. The van der Waals surface area contributed by atoms with Crippen molar-refractivity contribution in [2.24, 2.45) is 0 Å². The number of amides is 5. The fraction of sp³-hybridized carbons (Fsp3) is 0.304. The van der Waals surface area contributed by atoms with E-state index in [1.807, 2.05) is 0 Å². The summed E-state index contributed by atoms with van der Waals surface area (Å²) in [6, 6.07) is 3.78. The van der Waals surface area contributed by atoms with E-state index in [4.69, 9.17) is 0 Å². The Labute approximate surface area is 206 Å². The summed E-state index contributed by atoms with van der Waals surface area (Å²) in [7, 11) is 0. The molecular formula is C23H26FN6O6. The van der Waals surface area contributed by atoms with Gasteiger partial charge in [-0.1, -0.05) is 18.2 Å². The van der Waals surface area contributed by atoms with Crippen LogP contribution in [0.2, 0.25) is 0 Å². The molecule has 36 heavy (non-hydrogen) atoms. The molecule has 0 aliphatic heterocycles. The molecule has 0 saturated carbocycles. The van der Waals surface area contributed by atoms with Crippen molar-refractivity contribution < 1.29 is 33.5 Å². The van der Waals surface area contributed by atoms with Crippen molar-refractivity contribution in [3.05, 3.63) is 65.7 Å². The Kier molecular flexibility index (Phi) is 10.9. The van der Waals surface area contributed by atoms with Crippen LogP contribution in [0.5, 0.6) is 0 Å². The summed E-state index contributed by atoms with van der Waals surface area (Å²) in [5.74, 6) is -2.71. The molecule has 1 radical (unpaired) electrons. The summed E-state index contributed by atoms with van der Waals surface area (Å²) in [6.07, 6.45) is 3.17. The number of rotatable bonds is 11. The van der Waals surface area contributed by atoms with Gasteiger partial charge in [0, 0.05) is 32.2 Å². The van der Waals surface area contributed by atoms with Crippen LogP contribution in [0.15, 0.2) is 48.8 Å². The van der Waals surface area contributed by atoms with Crippen LogP contribution in [0.3, 0.4) is 0 Å². The second-order valence-electron chi connectivity index (χ2n) is 7.64. The largest absolute Gasteiger partial charge is 0.394 e. The minimum atomic E-state index is -1.30. The lowest BCUT2D eigenvalue weighted by molar-refractivity contribution is -0.131. The Balaban J connectivity index is 2.24. The minimum Gasteiger partial charge on any atom is -0.394 e. The lowest BCUT2D eigenvalue weighted by Gasteiger charge is -2.23. The molecule has 5 N–H and O–H groups in total.